The fourth-order valence-electron chi connectivity index (χ4n) is 2.68. The average molecular weight is 362 g/mol. The lowest BCUT2D eigenvalue weighted by molar-refractivity contribution is 0.937. The van der Waals surface area contributed by atoms with Crippen LogP contribution in [0.2, 0.25) is 0 Å². The van der Waals surface area contributed by atoms with Gasteiger partial charge in [-0.3, -0.25) is 4.79 Å². The van der Waals surface area contributed by atoms with Crippen molar-refractivity contribution >= 4 is 28.1 Å². The maximum atomic E-state index is 12.6. The van der Waals surface area contributed by atoms with Crippen molar-refractivity contribution in [2.24, 2.45) is 0 Å². The molecule has 0 bridgehead atoms. The van der Waals surface area contributed by atoms with Crippen molar-refractivity contribution in [3.63, 3.8) is 0 Å². The third-order valence-electron chi connectivity index (χ3n) is 4.20. The summed E-state index contributed by atoms with van der Waals surface area (Å²) in [6.07, 6.45) is 1.88. The Hall–Kier alpha value is -2.99. The van der Waals surface area contributed by atoms with Gasteiger partial charge in [-0.15, -0.1) is 5.10 Å². The van der Waals surface area contributed by atoms with E-state index in [1.54, 1.807) is 0 Å². The summed E-state index contributed by atoms with van der Waals surface area (Å²) in [5, 5.41) is 4.39. The van der Waals surface area contributed by atoms with Crippen molar-refractivity contribution < 1.29 is 0 Å². The molecular formula is C20H18N4OS. The van der Waals surface area contributed by atoms with Gasteiger partial charge in [-0.05, 0) is 30.7 Å². The Kier molecular flexibility index (Phi) is 4.05. The Labute approximate surface area is 154 Å². The van der Waals surface area contributed by atoms with Crippen LogP contribution in [0.3, 0.4) is 0 Å². The van der Waals surface area contributed by atoms with Gasteiger partial charge < -0.3 is 4.90 Å². The number of aromatic nitrogens is 3. The highest BCUT2D eigenvalue weighted by Gasteiger charge is 2.11. The molecule has 2 heterocycles. The molecule has 0 radical (unpaired) electrons. The van der Waals surface area contributed by atoms with Crippen molar-refractivity contribution in [1.29, 1.82) is 0 Å². The fourth-order valence-corrected chi connectivity index (χ4v) is 3.59. The molecule has 0 unspecified atom stereocenters. The van der Waals surface area contributed by atoms with Crippen LogP contribution in [0.15, 0.2) is 53.3 Å². The molecule has 130 valence electrons. The zero-order valence-electron chi connectivity index (χ0n) is 14.8. The van der Waals surface area contributed by atoms with Crippen LogP contribution >= 0.6 is 11.3 Å². The van der Waals surface area contributed by atoms with E-state index in [1.807, 2.05) is 80.5 Å². The van der Waals surface area contributed by atoms with E-state index in [0.29, 0.717) is 15.3 Å². The first-order valence-corrected chi connectivity index (χ1v) is 9.09. The van der Waals surface area contributed by atoms with Gasteiger partial charge in [0, 0.05) is 25.3 Å². The predicted molar refractivity (Wildman–Crippen MR) is 107 cm³/mol. The first-order chi connectivity index (χ1) is 12.5. The normalized spacial score (nSPS) is 12.0. The van der Waals surface area contributed by atoms with Crippen molar-refractivity contribution in [3.8, 4) is 11.4 Å². The summed E-state index contributed by atoms with van der Waals surface area (Å²) in [6.45, 7) is 2.03. The highest BCUT2D eigenvalue weighted by atomic mass is 32.1. The highest BCUT2D eigenvalue weighted by Crippen LogP contribution is 2.17. The molecule has 0 atom stereocenters. The Balaban J connectivity index is 1.73. The minimum atomic E-state index is -0.132. The van der Waals surface area contributed by atoms with Gasteiger partial charge in [-0.2, -0.15) is 9.50 Å². The molecule has 4 aromatic rings. The molecule has 0 amide bonds. The smallest absolute Gasteiger partial charge is 0.291 e. The number of thiazole rings is 1. The second-order valence-electron chi connectivity index (χ2n) is 6.40. The summed E-state index contributed by atoms with van der Waals surface area (Å²) in [4.78, 5) is 19.8. The Bertz CT molecular complexity index is 1170. The second kappa shape index (κ2) is 6.38. The molecule has 0 saturated carbocycles. The van der Waals surface area contributed by atoms with Crippen molar-refractivity contribution in [3.05, 3.63) is 74.5 Å². The minimum Gasteiger partial charge on any atom is -0.378 e. The Morgan fingerprint density at radius 2 is 1.73 bits per heavy atom. The maximum Gasteiger partial charge on any atom is 0.291 e. The fraction of sp³-hybridized carbons (Fsp3) is 0.150. The van der Waals surface area contributed by atoms with Crippen LogP contribution in [0.5, 0.6) is 0 Å². The minimum absolute atomic E-state index is 0.132. The molecule has 0 saturated heterocycles. The van der Waals surface area contributed by atoms with Crippen molar-refractivity contribution in [2.45, 2.75) is 6.92 Å². The monoisotopic (exact) mass is 362 g/mol. The van der Waals surface area contributed by atoms with Gasteiger partial charge in [0.05, 0.1) is 4.53 Å². The number of hydrogen-bond acceptors (Lipinski definition) is 5. The van der Waals surface area contributed by atoms with E-state index in [1.165, 1.54) is 21.4 Å². The lowest BCUT2D eigenvalue weighted by Crippen LogP contribution is -2.23. The highest BCUT2D eigenvalue weighted by molar-refractivity contribution is 7.15. The number of fused-ring (bicyclic) bond motifs is 1. The molecule has 4 rings (SSSR count). The summed E-state index contributed by atoms with van der Waals surface area (Å²) in [7, 11) is 4.00. The van der Waals surface area contributed by atoms with Gasteiger partial charge in [0.25, 0.3) is 5.56 Å². The summed E-state index contributed by atoms with van der Waals surface area (Å²) >= 11 is 1.36. The van der Waals surface area contributed by atoms with Crippen LogP contribution in [-0.4, -0.2) is 28.7 Å². The van der Waals surface area contributed by atoms with Crippen LogP contribution in [0.25, 0.3) is 22.4 Å². The predicted octanol–water partition coefficient (Wildman–Crippen LogP) is 2.74. The van der Waals surface area contributed by atoms with Crippen LogP contribution in [0, 0.1) is 6.92 Å². The van der Waals surface area contributed by atoms with E-state index in [4.69, 9.17) is 0 Å². The Morgan fingerprint density at radius 3 is 2.35 bits per heavy atom. The number of rotatable bonds is 3. The third-order valence-corrected chi connectivity index (χ3v) is 5.16. The molecule has 5 nitrogen and oxygen atoms in total. The number of nitrogens with zero attached hydrogens (tertiary/aromatic N) is 4. The molecule has 0 spiro atoms. The molecule has 6 heteroatoms. The van der Waals surface area contributed by atoms with Crippen LogP contribution in [0.1, 0.15) is 11.1 Å². The zero-order valence-corrected chi connectivity index (χ0v) is 15.6. The summed E-state index contributed by atoms with van der Waals surface area (Å²) < 4.78 is 2.02. The summed E-state index contributed by atoms with van der Waals surface area (Å²) in [6, 6.07) is 16.0. The molecule has 26 heavy (non-hydrogen) atoms. The molecule has 0 aliphatic carbocycles. The number of benzene rings is 2. The van der Waals surface area contributed by atoms with Crippen LogP contribution in [-0.2, 0) is 0 Å². The lowest BCUT2D eigenvalue weighted by atomic mass is 10.1. The molecule has 0 N–H and O–H groups in total. The standard InChI is InChI=1S/C20H18N4OS/c1-13-4-8-15(9-5-13)18-21-20-24(22-18)19(25)17(26-20)12-14-6-10-16(11-7-14)23(2)3/h4-12H,1-3H3. The number of hydrogen-bond donors (Lipinski definition) is 0. The van der Waals surface area contributed by atoms with Crippen molar-refractivity contribution in [2.75, 3.05) is 19.0 Å². The van der Waals surface area contributed by atoms with E-state index in [0.717, 1.165) is 16.8 Å². The van der Waals surface area contributed by atoms with Gasteiger partial charge in [0.15, 0.2) is 5.82 Å². The van der Waals surface area contributed by atoms with E-state index >= 15 is 0 Å². The van der Waals surface area contributed by atoms with Crippen LogP contribution < -0.4 is 15.0 Å². The first kappa shape index (κ1) is 16.5. The number of aryl methyl sites for hydroxylation is 1. The SMILES string of the molecule is Cc1ccc(-c2nc3sc(=Cc4ccc(N(C)C)cc4)c(=O)n3n2)cc1. The van der Waals surface area contributed by atoms with E-state index in [9.17, 15) is 4.79 Å². The van der Waals surface area contributed by atoms with Gasteiger partial charge in [-0.25, -0.2) is 0 Å². The molecule has 2 aromatic carbocycles. The van der Waals surface area contributed by atoms with E-state index in [-0.39, 0.29) is 5.56 Å². The first-order valence-electron chi connectivity index (χ1n) is 8.27. The number of anilines is 1. The summed E-state index contributed by atoms with van der Waals surface area (Å²) in [5.41, 5.74) is 4.06. The molecule has 2 aromatic heterocycles. The van der Waals surface area contributed by atoms with Crippen molar-refractivity contribution in [1.82, 2.24) is 14.6 Å². The Morgan fingerprint density at radius 1 is 1.04 bits per heavy atom. The van der Waals surface area contributed by atoms with E-state index < -0.39 is 0 Å². The quantitative estimate of drug-likeness (QED) is 0.562. The molecule has 0 aliphatic heterocycles. The molecule has 0 aliphatic rings. The van der Waals surface area contributed by atoms with Gasteiger partial charge in [-0.1, -0.05) is 53.3 Å². The van der Waals surface area contributed by atoms with Gasteiger partial charge in [0.1, 0.15) is 0 Å². The van der Waals surface area contributed by atoms with E-state index in [2.05, 4.69) is 10.1 Å². The molecular weight excluding hydrogens is 344 g/mol. The van der Waals surface area contributed by atoms with Gasteiger partial charge >= 0.3 is 0 Å². The average Bonchev–Trinajstić information content (AvgIpc) is 3.16. The molecule has 0 fully saturated rings. The summed E-state index contributed by atoms with van der Waals surface area (Å²) in [5.74, 6) is 0.579. The second-order valence-corrected chi connectivity index (χ2v) is 7.41. The van der Waals surface area contributed by atoms with Crippen LogP contribution in [0.4, 0.5) is 5.69 Å². The lowest BCUT2D eigenvalue weighted by Gasteiger charge is -2.11. The maximum absolute atomic E-state index is 12.6. The van der Waals surface area contributed by atoms with Gasteiger partial charge in [0.2, 0.25) is 4.96 Å². The zero-order chi connectivity index (χ0) is 18.3. The third kappa shape index (κ3) is 2.99. The largest absolute Gasteiger partial charge is 0.378 e. The topological polar surface area (TPSA) is 50.5 Å².